The molecule has 1 amide bonds. The Hall–Kier alpha value is -2.27. The Bertz CT molecular complexity index is 715. The van der Waals surface area contributed by atoms with Gasteiger partial charge in [0.1, 0.15) is 11.6 Å². The number of amides is 1. The van der Waals surface area contributed by atoms with Gasteiger partial charge in [-0.3, -0.25) is 4.79 Å². The summed E-state index contributed by atoms with van der Waals surface area (Å²) in [5, 5.41) is 12.4. The first-order valence-corrected chi connectivity index (χ1v) is 7.53. The lowest BCUT2D eigenvalue weighted by atomic mass is 9.98. The van der Waals surface area contributed by atoms with Gasteiger partial charge in [-0.2, -0.15) is 0 Å². The molecule has 3 rings (SSSR count). The summed E-state index contributed by atoms with van der Waals surface area (Å²) in [5.41, 5.74) is 2.37. The maximum absolute atomic E-state index is 13.2. The molecule has 0 unspecified atom stereocenters. The van der Waals surface area contributed by atoms with Crippen molar-refractivity contribution in [3.63, 3.8) is 0 Å². The van der Waals surface area contributed by atoms with Gasteiger partial charge in [0.2, 0.25) is 5.91 Å². The van der Waals surface area contributed by atoms with Crippen molar-refractivity contribution in [2.75, 3.05) is 6.61 Å². The highest BCUT2D eigenvalue weighted by Gasteiger charge is 2.27. The quantitative estimate of drug-likeness (QED) is 0.911. The molecule has 120 valence electrons. The lowest BCUT2D eigenvalue weighted by molar-refractivity contribution is -0.124. The molecule has 0 aliphatic heterocycles. The summed E-state index contributed by atoms with van der Waals surface area (Å²) in [7, 11) is 0. The van der Waals surface area contributed by atoms with E-state index >= 15 is 0 Å². The van der Waals surface area contributed by atoms with Gasteiger partial charge in [-0.15, -0.1) is 0 Å². The highest BCUT2D eigenvalue weighted by molar-refractivity contribution is 5.84. The van der Waals surface area contributed by atoms with Gasteiger partial charge in [-0.05, 0) is 53.8 Å². The van der Waals surface area contributed by atoms with Crippen LogP contribution in [-0.4, -0.2) is 17.6 Å². The number of carbonyl (C=O) groups excluding carboxylic acids is 1. The number of halogens is 2. The number of hydrogen-bond donors (Lipinski definition) is 2. The first-order valence-electron chi connectivity index (χ1n) is 7.53. The monoisotopic (exact) mass is 317 g/mol. The van der Waals surface area contributed by atoms with E-state index in [9.17, 15) is 18.7 Å². The molecule has 0 radical (unpaired) electrons. The standard InChI is InChI=1S/C18H17F2NO2/c19-13-4-1-11(2-5-13)16(10-22)18(23)21-17-8-3-12-9-14(20)6-7-15(12)17/h1-2,4-7,9,16-17,22H,3,8,10H2,(H,21,23)/t16-,17+/m0/s1. The molecule has 0 spiro atoms. The maximum atomic E-state index is 13.2. The SMILES string of the molecule is O=C(N[C@@H]1CCc2cc(F)ccc21)[C@@H](CO)c1ccc(F)cc1. The Balaban J connectivity index is 1.75. The fourth-order valence-corrected chi connectivity index (χ4v) is 3.04. The van der Waals surface area contributed by atoms with Crippen LogP contribution in [0, 0.1) is 11.6 Å². The first-order chi connectivity index (χ1) is 11.1. The number of carbonyl (C=O) groups is 1. The maximum Gasteiger partial charge on any atom is 0.230 e. The zero-order valence-corrected chi connectivity index (χ0v) is 12.4. The van der Waals surface area contributed by atoms with E-state index in [2.05, 4.69) is 5.32 Å². The summed E-state index contributed by atoms with van der Waals surface area (Å²) in [5.74, 6) is -1.74. The van der Waals surface area contributed by atoms with Crippen LogP contribution in [0.2, 0.25) is 0 Å². The second kappa shape index (κ2) is 6.46. The molecule has 0 aromatic heterocycles. The van der Waals surface area contributed by atoms with E-state index in [4.69, 9.17) is 0 Å². The van der Waals surface area contributed by atoms with E-state index < -0.39 is 11.7 Å². The predicted molar refractivity (Wildman–Crippen MR) is 81.8 cm³/mol. The van der Waals surface area contributed by atoms with Gasteiger partial charge in [0.15, 0.2) is 0 Å². The highest BCUT2D eigenvalue weighted by Crippen LogP contribution is 2.32. The van der Waals surface area contributed by atoms with E-state index in [1.165, 1.54) is 36.4 Å². The number of hydrogen-bond acceptors (Lipinski definition) is 2. The molecule has 2 aromatic rings. The van der Waals surface area contributed by atoms with Crippen molar-refractivity contribution in [2.24, 2.45) is 0 Å². The van der Waals surface area contributed by atoms with Crippen molar-refractivity contribution < 1.29 is 18.7 Å². The molecule has 3 nitrogen and oxygen atoms in total. The topological polar surface area (TPSA) is 49.3 Å². The zero-order valence-electron chi connectivity index (χ0n) is 12.4. The van der Waals surface area contributed by atoms with Gasteiger partial charge < -0.3 is 10.4 Å². The summed E-state index contributed by atoms with van der Waals surface area (Å²) in [4.78, 5) is 12.5. The summed E-state index contributed by atoms with van der Waals surface area (Å²) >= 11 is 0. The molecule has 23 heavy (non-hydrogen) atoms. The van der Waals surface area contributed by atoms with Crippen LogP contribution >= 0.6 is 0 Å². The van der Waals surface area contributed by atoms with Crippen LogP contribution < -0.4 is 5.32 Å². The van der Waals surface area contributed by atoms with Crippen molar-refractivity contribution in [1.82, 2.24) is 5.32 Å². The third-order valence-corrected chi connectivity index (χ3v) is 4.27. The Morgan fingerprint density at radius 2 is 1.87 bits per heavy atom. The molecule has 0 heterocycles. The third kappa shape index (κ3) is 3.24. The molecule has 2 N–H and O–H groups in total. The first kappa shape index (κ1) is 15.6. The van der Waals surface area contributed by atoms with E-state index in [0.717, 1.165) is 11.1 Å². The Morgan fingerprint density at radius 3 is 2.57 bits per heavy atom. The third-order valence-electron chi connectivity index (χ3n) is 4.27. The summed E-state index contributed by atoms with van der Waals surface area (Å²) < 4.78 is 26.2. The molecule has 0 fully saturated rings. The van der Waals surface area contributed by atoms with E-state index in [-0.39, 0.29) is 24.4 Å². The van der Waals surface area contributed by atoms with Gasteiger partial charge in [-0.25, -0.2) is 8.78 Å². The van der Waals surface area contributed by atoms with Gasteiger partial charge in [-0.1, -0.05) is 18.2 Å². The lowest BCUT2D eigenvalue weighted by Gasteiger charge is -2.19. The number of nitrogens with one attached hydrogen (secondary N) is 1. The number of benzene rings is 2. The molecule has 0 saturated heterocycles. The molecule has 0 saturated carbocycles. The molecule has 2 aromatic carbocycles. The second-order valence-corrected chi connectivity index (χ2v) is 5.73. The fourth-order valence-electron chi connectivity index (χ4n) is 3.04. The van der Waals surface area contributed by atoms with Gasteiger partial charge in [0.05, 0.1) is 18.6 Å². The van der Waals surface area contributed by atoms with Gasteiger partial charge in [0, 0.05) is 0 Å². The van der Waals surface area contributed by atoms with Crippen molar-refractivity contribution in [1.29, 1.82) is 0 Å². The minimum absolute atomic E-state index is 0.187. The van der Waals surface area contributed by atoms with Crippen molar-refractivity contribution >= 4 is 5.91 Å². The van der Waals surface area contributed by atoms with Gasteiger partial charge in [0.25, 0.3) is 0 Å². The number of aryl methyl sites for hydroxylation is 1. The van der Waals surface area contributed by atoms with Crippen molar-refractivity contribution in [3.8, 4) is 0 Å². The summed E-state index contributed by atoms with van der Waals surface area (Å²) in [6, 6.07) is 9.89. The van der Waals surface area contributed by atoms with E-state index in [0.29, 0.717) is 18.4 Å². The van der Waals surface area contributed by atoms with Crippen LogP contribution in [0.1, 0.15) is 35.1 Å². The average molecular weight is 317 g/mol. The van der Waals surface area contributed by atoms with Crippen molar-refractivity contribution in [2.45, 2.75) is 24.8 Å². The Morgan fingerprint density at radius 1 is 1.17 bits per heavy atom. The Labute approximate surface area is 133 Å². The van der Waals surface area contributed by atoms with Gasteiger partial charge >= 0.3 is 0 Å². The smallest absolute Gasteiger partial charge is 0.230 e. The molecule has 1 aliphatic carbocycles. The fraction of sp³-hybridized carbons (Fsp3) is 0.278. The second-order valence-electron chi connectivity index (χ2n) is 5.73. The number of fused-ring (bicyclic) bond motifs is 1. The normalized spacial score (nSPS) is 17.6. The molecular weight excluding hydrogens is 300 g/mol. The minimum atomic E-state index is -0.750. The highest BCUT2D eigenvalue weighted by atomic mass is 19.1. The Kier molecular flexibility index (Phi) is 4.39. The average Bonchev–Trinajstić information content (AvgIpc) is 2.92. The molecule has 1 aliphatic rings. The van der Waals surface area contributed by atoms with Crippen LogP contribution in [0.4, 0.5) is 8.78 Å². The molecular formula is C18H17F2NO2. The molecule has 5 heteroatoms. The predicted octanol–water partition coefficient (Wildman–Crippen LogP) is 2.84. The van der Waals surface area contributed by atoms with Crippen LogP contribution in [-0.2, 0) is 11.2 Å². The lowest BCUT2D eigenvalue weighted by Crippen LogP contribution is -2.33. The number of aliphatic hydroxyl groups is 1. The van der Waals surface area contributed by atoms with Crippen LogP contribution in [0.5, 0.6) is 0 Å². The molecule has 0 bridgehead atoms. The summed E-state index contributed by atoms with van der Waals surface area (Å²) in [6.45, 7) is -0.361. The summed E-state index contributed by atoms with van der Waals surface area (Å²) in [6.07, 6.45) is 1.41. The van der Waals surface area contributed by atoms with E-state index in [1.54, 1.807) is 6.07 Å². The van der Waals surface area contributed by atoms with E-state index in [1.807, 2.05) is 0 Å². The largest absolute Gasteiger partial charge is 0.395 e. The molecule has 2 atom stereocenters. The zero-order chi connectivity index (χ0) is 16.4. The van der Waals surface area contributed by atoms with Crippen LogP contribution in [0.15, 0.2) is 42.5 Å². The van der Waals surface area contributed by atoms with Crippen molar-refractivity contribution in [3.05, 3.63) is 70.8 Å². The van der Waals surface area contributed by atoms with Crippen LogP contribution in [0.25, 0.3) is 0 Å². The van der Waals surface area contributed by atoms with Crippen LogP contribution in [0.3, 0.4) is 0 Å². The number of aliphatic hydroxyl groups excluding tert-OH is 1. The minimum Gasteiger partial charge on any atom is -0.395 e. The number of rotatable bonds is 4.